The van der Waals surface area contributed by atoms with Gasteiger partial charge in [0.25, 0.3) is 0 Å². The summed E-state index contributed by atoms with van der Waals surface area (Å²) in [5.41, 5.74) is 12.3. The Labute approximate surface area is 164 Å². The largest absolute Gasteiger partial charge is 0.496 e. The molecular weight excluding hydrogens is 358 g/mol. The zero-order valence-electron chi connectivity index (χ0n) is 15.5. The number of halogens is 1. The number of ether oxygens (including phenoxy) is 1. The van der Waals surface area contributed by atoms with Crippen molar-refractivity contribution in [2.45, 2.75) is 13.8 Å². The van der Waals surface area contributed by atoms with Gasteiger partial charge in [-0.3, -0.25) is 0 Å². The number of nitrogens with zero attached hydrogens (tertiary/aromatic N) is 1. The molecule has 1 heterocycles. The van der Waals surface area contributed by atoms with E-state index in [0.29, 0.717) is 16.5 Å². The van der Waals surface area contributed by atoms with Gasteiger partial charge < -0.3 is 10.5 Å². The van der Waals surface area contributed by atoms with E-state index in [1.165, 1.54) is 0 Å². The summed E-state index contributed by atoms with van der Waals surface area (Å²) in [6.07, 6.45) is 3.91. The number of methoxy groups -OCH3 is 1. The molecule has 0 atom stereocenters. The molecule has 0 unspecified atom stereocenters. The smallest absolute Gasteiger partial charge is 0.390 e. The van der Waals surface area contributed by atoms with Crippen molar-refractivity contribution in [3.8, 4) is 23.4 Å². The number of hydrogen-bond donors (Lipinski definition) is 2. The third kappa shape index (κ3) is 3.55. The first-order valence-electron chi connectivity index (χ1n) is 8.46. The second kappa shape index (κ2) is 7.61. The molecule has 0 spiro atoms. The highest BCUT2D eigenvalue weighted by Gasteiger charge is 2.20. The van der Waals surface area contributed by atoms with E-state index >= 15 is 0 Å². The van der Waals surface area contributed by atoms with Gasteiger partial charge in [-0.15, -0.1) is 0 Å². The molecule has 0 aliphatic heterocycles. The van der Waals surface area contributed by atoms with Crippen molar-refractivity contribution in [1.29, 1.82) is 0 Å². The molecule has 0 fully saturated rings. The number of allylic oxidation sites excluding steroid dienone is 1. The van der Waals surface area contributed by atoms with Crippen LogP contribution in [0, 0.1) is 13.5 Å². The fourth-order valence-electron chi connectivity index (χ4n) is 3.05. The molecule has 3 aromatic rings. The lowest BCUT2D eigenvalue weighted by Gasteiger charge is -2.09. The van der Waals surface area contributed by atoms with Crippen LogP contribution in [0.3, 0.4) is 0 Å². The lowest BCUT2D eigenvalue weighted by Crippen LogP contribution is -1.93. The average molecular weight is 379 g/mol. The number of aromatic nitrogens is 1. The Morgan fingerprint density at radius 1 is 1.26 bits per heavy atom. The number of para-hydroxylation sites is 1. The standard InChI is InChI=1S/C22H21ClN3O/c1-13(15-9-14(2)21(24)19(23)11-15)10-17-18(12-26-22(17)25-3)16-7-5-6-8-20(16)27-4/h3,5-12,26H,24H2,1-2,4H3/q+1/b13-10+. The summed E-state index contributed by atoms with van der Waals surface area (Å²) in [6.45, 7) is 9.54. The van der Waals surface area contributed by atoms with Crippen molar-refractivity contribution in [3.63, 3.8) is 0 Å². The van der Waals surface area contributed by atoms with E-state index in [-0.39, 0.29) is 0 Å². The highest BCUT2D eigenvalue weighted by molar-refractivity contribution is 6.33. The Hall–Kier alpha value is -3.16. The van der Waals surface area contributed by atoms with Crippen molar-refractivity contribution in [3.05, 3.63) is 69.2 Å². The van der Waals surface area contributed by atoms with Crippen molar-refractivity contribution >= 4 is 34.8 Å². The van der Waals surface area contributed by atoms with E-state index < -0.39 is 0 Å². The Bertz CT molecular complexity index is 1050. The topological polar surface area (TPSA) is 55.4 Å². The first-order chi connectivity index (χ1) is 13.0. The van der Waals surface area contributed by atoms with Crippen molar-refractivity contribution in [2.75, 3.05) is 12.8 Å². The lowest BCUT2D eigenvalue weighted by molar-refractivity contribution is 0.416. The summed E-state index contributed by atoms with van der Waals surface area (Å²) >= 11 is 6.26. The molecule has 2 aromatic carbocycles. The van der Waals surface area contributed by atoms with E-state index in [9.17, 15) is 0 Å². The second-order valence-electron chi connectivity index (χ2n) is 6.31. The Kier molecular flexibility index (Phi) is 5.25. The number of aromatic amines is 1. The molecule has 3 rings (SSSR count). The second-order valence-corrected chi connectivity index (χ2v) is 6.72. The van der Waals surface area contributed by atoms with Crippen LogP contribution in [0.5, 0.6) is 5.75 Å². The summed E-state index contributed by atoms with van der Waals surface area (Å²) in [5.74, 6) is 1.37. The number of rotatable bonds is 4. The number of hydrogen-bond acceptors (Lipinski definition) is 2. The minimum atomic E-state index is 0.542. The molecule has 0 radical (unpaired) electrons. The molecule has 136 valence electrons. The van der Waals surface area contributed by atoms with Gasteiger partial charge in [-0.05, 0) is 54.8 Å². The molecule has 0 amide bonds. The predicted octanol–water partition coefficient (Wildman–Crippen LogP) is 6.39. The lowest BCUT2D eigenvalue weighted by atomic mass is 9.98. The molecule has 3 N–H and O–H groups in total. The summed E-state index contributed by atoms with van der Waals surface area (Å²) in [4.78, 5) is 7.01. The fraction of sp³-hybridized carbons (Fsp3) is 0.136. The van der Waals surface area contributed by atoms with Gasteiger partial charge in [0.2, 0.25) is 0 Å². The van der Waals surface area contributed by atoms with Crippen molar-refractivity contribution in [2.24, 2.45) is 0 Å². The predicted molar refractivity (Wildman–Crippen MR) is 115 cm³/mol. The first kappa shape index (κ1) is 18.6. The number of benzene rings is 2. The SMILES string of the molecule is C#[N+]c1[nH]cc(-c2ccccc2OC)c1/C=C(\C)c1cc(C)c(N)c(Cl)c1. The minimum Gasteiger partial charge on any atom is -0.496 e. The highest BCUT2D eigenvalue weighted by atomic mass is 35.5. The zero-order chi connectivity index (χ0) is 19.6. The van der Waals surface area contributed by atoms with Crippen LogP contribution in [0.1, 0.15) is 23.6 Å². The van der Waals surface area contributed by atoms with Gasteiger partial charge in [0.15, 0.2) is 0 Å². The molecule has 0 saturated heterocycles. The average Bonchev–Trinajstić information content (AvgIpc) is 3.07. The van der Waals surface area contributed by atoms with Gasteiger partial charge in [0.05, 0.1) is 29.6 Å². The molecule has 4 nitrogen and oxygen atoms in total. The van der Waals surface area contributed by atoms with E-state index in [1.54, 1.807) is 7.11 Å². The molecule has 0 saturated carbocycles. The van der Waals surface area contributed by atoms with Crippen LogP contribution in [-0.2, 0) is 0 Å². The maximum atomic E-state index is 6.26. The molecule has 27 heavy (non-hydrogen) atoms. The Balaban J connectivity index is 2.16. The third-order valence-corrected chi connectivity index (χ3v) is 4.89. The number of nitrogens with two attached hydrogens (primary N) is 1. The quantitative estimate of drug-likeness (QED) is 0.517. The molecule has 0 aliphatic rings. The summed E-state index contributed by atoms with van der Waals surface area (Å²) in [7, 11) is 1.65. The molecule has 0 bridgehead atoms. The minimum absolute atomic E-state index is 0.542. The van der Waals surface area contributed by atoms with Gasteiger partial charge >= 0.3 is 5.82 Å². The summed E-state index contributed by atoms with van der Waals surface area (Å²) in [5, 5.41) is 0.542. The van der Waals surface area contributed by atoms with Crippen LogP contribution in [0.25, 0.3) is 27.6 Å². The zero-order valence-corrected chi connectivity index (χ0v) is 16.3. The van der Waals surface area contributed by atoms with Gasteiger partial charge in [-0.1, -0.05) is 29.8 Å². The van der Waals surface area contributed by atoms with Gasteiger partial charge in [-0.25, -0.2) is 4.98 Å². The van der Waals surface area contributed by atoms with Crippen LogP contribution in [-0.4, -0.2) is 12.1 Å². The fourth-order valence-corrected chi connectivity index (χ4v) is 3.32. The Morgan fingerprint density at radius 2 is 2.00 bits per heavy atom. The number of H-pyrrole nitrogens is 1. The molecular formula is C22H21ClN3O+. The van der Waals surface area contributed by atoms with Gasteiger partial charge in [0.1, 0.15) is 12.3 Å². The Morgan fingerprint density at radius 3 is 2.67 bits per heavy atom. The molecule has 1 aromatic heterocycles. The monoisotopic (exact) mass is 378 g/mol. The van der Waals surface area contributed by atoms with E-state index in [0.717, 1.165) is 39.1 Å². The number of nitrogen functional groups attached to an aromatic ring is 1. The molecule has 0 aliphatic carbocycles. The van der Waals surface area contributed by atoms with Crippen LogP contribution in [0.4, 0.5) is 11.5 Å². The number of aryl methyl sites for hydroxylation is 1. The maximum absolute atomic E-state index is 6.26. The van der Waals surface area contributed by atoms with E-state index in [1.807, 2.05) is 62.5 Å². The molecule has 5 heteroatoms. The van der Waals surface area contributed by atoms with Crippen molar-refractivity contribution in [1.82, 2.24) is 4.98 Å². The normalized spacial score (nSPS) is 11.3. The van der Waals surface area contributed by atoms with Crippen LogP contribution >= 0.6 is 11.6 Å². The van der Waals surface area contributed by atoms with Gasteiger partial charge in [-0.2, -0.15) is 4.85 Å². The third-order valence-electron chi connectivity index (χ3n) is 4.58. The maximum Gasteiger partial charge on any atom is 0.390 e. The van der Waals surface area contributed by atoms with E-state index in [2.05, 4.69) is 9.83 Å². The van der Waals surface area contributed by atoms with Gasteiger partial charge in [0, 0.05) is 11.1 Å². The summed E-state index contributed by atoms with van der Waals surface area (Å²) in [6, 6.07) is 11.7. The first-order valence-corrected chi connectivity index (χ1v) is 8.84. The van der Waals surface area contributed by atoms with Crippen LogP contribution in [0.15, 0.2) is 42.6 Å². The number of nitrogens with one attached hydrogen (secondary N) is 1. The highest BCUT2D eigenvalue weighted by Crippen LogP contribution is 2.38. The van der Waals surface area contributed by atoms with Crippen LogP contribution in [0.2, 0.25) is 5.02 Å². The van der Waals surface area contributed by atoms with Crippen molar-refractivity contribution < 1.29 is 4.74 Å². The van der Waals surface area contributed by atoms with E-state index in [4.69, 9.17) is 28.6 Å². The summed E-state index contributed by atoms with van der Waals surface area (Å²) < 4.78 is 5.50. The van der Waals surface area contributed by atoms with Crippen LogP contribution < -0.4 is 10.5 Å². The number of anilines is 1.